The predicted octanol–water partition coefficient (Wildman–Crippen LogP) is 3.39. The second-order valence-electron chi connectivity index (χ2n) is 6.23. The van der Waals surface area contributed by atoms with E-state index in [-0.39, 0.29) is 5.56 Å². The zero-order chi connectivity index (χ0) is 15.5. The van der Waals surface area contributed by atoms with Gasteiger partial charge in [-0.3, -0.25) is 4.90 Å². The van der Waals surface area contributed by atoms with Crippen LogP contribution in [0.2, 0.25) is 0 Å². The Bertz CT molecular complexity index is 547. The van der Waals surface area contributed by atoms with E-state index >= 15 is 0 Å². The van der Waals surface area contributed by atoms with Crippen LogP contribution in [0.3, 0.4) is 0 Å². The van der Waals surface area contributed by atoms with Crippen LogP contribution in [0.15, 0.2) is 18.2 Å². The van der Waals surface area contributed by atoms with Crippen molar-refractivity contribution in [3.63, 3.8) is 0 Å². The number of fused-ring (bicyclic) bond motifs is 1. The van der Waals surface area contributed by atoms with Gasteiger partial charge in [0.2, 0.25) is 0 Å². The van der Waals surface area contributed by atoms with Crippen LogP contribution in [-0.4, -0.2) is 36.6 Å². The van der Waals surface area contributed by atoms with Crippen LogP contribution in [0.5, 0.6) is 0 Å². The molecule has 120 valence electrons. The van der Waals surface area contributed by atoms with Crippen LogP contribution >= 0.6 is 0 Å². The third-order valence-corrected chi connectivity index (χ3v) is 4.81. The number of benzene rings is 1. The zero-order valence-corrected chi connectivity index (χ0v) is 12.6. The van der Waals surface area contributed by atoms with Crippen molar-refractivity contribution in [2.45, 2.75) is 38.1 Å². The van der Waals surface area contributed by atoms with Gasteiger partial charge in [0.1, 0.15) is 0 Å². The molecule has 0 amide bonds. The monoisotopic (exact) mass is 309 g/mol. The van der Waals surface area contributed by atoms with Crippen LogP contribution < -0.4 is 0 Å². The Morgan fingerprint density at radius 2 is 1.95 bits per heavy atom. The van der Waals surface area contributed by atoms with Gasteiger partial charge in [-0.05, 0) is 57.0 Å². The zero-order valence-electron chi connectivity index (χ0n) is 12.6. The lowest BCUT2D eigenvalue weighted by Gasteiger charge is -2.44. The van der Waals surface area contributed by atoms with Crippen molar-refractivity contribution in [2.75, 3.05) is 19.7 Å². The van der Waals surface area contributed by atoms with Gasteiger partial charge in [0.15, 0.2) is 11.6 Å². The van der Waals surface area contributed by atoms with E-state index in [9.17, 15) is 13.6 Å². The predicted molar refractivity (Wildman–Crippen MR) is 78.6 cm³/mol. The average Bonchev–Trinajstić information content (AvgIpc) is 2.55. The van der Waals surface area contributed by atoms with E-state index in [1.165, 1.54) is 18.9 Å². The van der Waals surface area contributed by atoms with Gasteiger partial charge in [-0.15, -0.1) is 0 Å². The van der Waals surface area contributed by atoms with Crippen molar-refractivity contribution in [1.29, 1.82) is 0 Å². The number of carbonyl (C=O) groups is 1. The van der Waals surface area contributed by atoms with E-state index < -0.39 is 17.6 Å². The number of ether oxygens (including phenoxy) is 1. The molecule has 0 N–H and O–H groups in total. The van der Waals surface area contributed by atoms with Crippen LogP contribution in [0.1, 0.15) is 42.5 Å². The standard InChI is InChI=1S/C17H21F2NO2/c18-14-7-6-12(10-15(14)19)17(21)22-11-13-4-3-9-20-8-2-1-5-16(13)20/h6-7,10,13,16H,1-5,8-9,11H2/t13-,16+/m0/s1. The number of hydrogen-bond donors (Lipinski definition) is 0. The fourth-order valence-electron chi connectivity index (χ4n) is 3.66. The number of carbonyl (C=O) groups excluding carboxylic acids is 1. The van der Waals surface area contributed by atoms with Crippen molar-refractivity contribution < 1.29 is 18.3 Å². The van der Waals surface area contributed by atoms with Crippen LogP contribution in [0.4, 0.5) is 8.78 Å². The van der Waals surface area contributed by atoms with Gasteiger partial charge < -0.3 is 4.74 Å². The molecular formula is C17H21F2NO2. The number of rotatable bonds is 3. The molecule has 0 unspecified atom stereocenters. The molecule has 0 spiro atoms. The molecule has 2 atom stereocenters. The van der Waals surface area contributed by atoms with E-state index in [0.29, 0.717) is 18.6 Å². The molecule has 1 aromatic carbocycles. The molecule has 5 heteroatoms. The number of piperidine rings is 2. The largest absolute Gasteiger partial charge is 0.462 e. The van der Waals surface area contributed by atoms with E-state index in [1.807, 2.05) is 0 Å². The molecule has 0 aromatic heterocycles. The lowest BCUT2D eigenvalue weighted by molar-refractivity contribution is 0.00735. The lowest BCUT2D eigenvalue weighted by Crippen LogP contribution is -2.49. The van der Waals surface area contributed by atoms with Gasteiger partial charge in [0.25, 0.3) is 0 Å². The lowest BCUT2D eigenvalue weighted by atomic mass is 9.84. The summed E-state index contributed by atoms with van der Waals surface area (Å²) in [6, 6.07) is 3.61. The van der Waals surface area contributed by atoms with Crippen molar-refractivity contribution in [3.8, 4) is 0 Å². The summed E-state index contributed by atoms with van der Waals surface area (Å²) in [5.74, 6) is -2.21. The summed E-state index contributed by atoms with van der Waals surface area (Å²) < 4.78 is 31.4. The fourth-order valence-corrected chi connectivity index (χ4v) is 3.66. The second-order valence-corrected chi connectivity index (χ2v) is 6.23. The van der Waals surface area contributed by atoms with Gasteiger partial charge in [0.05, 0.1) is 12.2 Å². The molecule has 0 radical (unpaired) electrons. The van der Waals surface area contributed by atoms with Gasteiger partial charge >= 0.3 is 5.97 Å². The molecule has 2 aliphatic heterocycles. The highest BCUT2D eigenvalue weighted by Gasteiger charge is 2.33. The Kier molecular flexibility index (Phi) is 4.71. The highest BCUT2D eigenvalue weighted by molar-refractivity contribution is 5.89. The normalized spacial score (nSPS) is 25.5. The van der Waals surface area contributed by atoms with E-state index in [2.05, 4.69) is 4.90 Å². The maximum absolute atomic E-state index is 13.2. The molecule has 0 bridgehead atoms. The molecular weight excluding hydrogens is 288 g/mol. The maximum atomic E-state index is 13.2. The third-order valence-electron chi connectivity index (χ3n) is 4.81. The minimum atomic E-state index is -1.02. The van der Waals surface area contributed by atoms with E-state index in [4.69, 9.17) is 4.74 Å². The Labute approximate surface area is 129 Å². The van der Waals surface area contributed by atoms with Gasteiger partial charge in [0, 0.05) is 12.0 Å². The topological polar surface area (TPSA) is 29.5 Å². The van der Waals surface area contributed by atoms with Crippen molar-refractivity contribution in [3.05, 3.63) is 35.4 Å². The molecule has 3 nitrogen and oxygen atoms in total. The summed E-state index contributed by atoms with van der Waals surface area (Å²) in [6.07, 6.45) is 5.83. The summed E-state index contributed by atoms with van der Waals surface area (Å²) in [7, 11) is 0. The first-order valence-electron chi connectivity index (χ1n) is 8.01. The maximum Gasteiger partial charge on any atom is 0.338 e. The van der Waals surface area contributed by atoms with Gasteiger partial charge in [-0.2, -0.15) is 0 Å². The molecule has 22 heavy (non-hydrogen) atoms. The summed E-state index contributed by atoms with van der Waals surface area (Å²) >= 11 is 0. The van der Waals surface area contributed by atoms with Crippen molar-refractivity contribution in [1.82, 2.24) is 4.90 Å². The van der Waals surface area contributed by atoms with Crippen LogP contribution in [0, 0.1) is 17.6 Å². The summed E-state index contributed by atoms with van der Waals surface area (Å²) in [6.45, 7) is 2.63. The first-order valence-corrected chi connectivity index (χ1v) is 8.01. The Hall–Kier alpha value is -1.49. The third kappa shape index (κ3) is 3.29. The number of nitrogens with zero attached hydrogens (tertiary/aromatic N) is 1. The van der Waals surface area contributed by atoms with E-state index in [0.717, 1.165) is 44.5 Å². The molecule has 2 heterocycles. The van der Waals surface area contributed by atoms with E-state index in [1.54, 1.807) is 0 Å². The summed E-state index contributed by atoms with van der Waals surface area (Å²) in [5, 5.41) is 0. The molecule has 1 aromatic rings. The quantitative estimate of drug-likeness (QED) is 0.802. The fraction of sp³-hybridized carbons (Fsp3) is 0.588. The number of hydrogen-bond acceptors (Lipinski definition) is 3. The minimum absolute atomic E-state index is 0.0650. The smallest absolute Gasteiger partial charge is 0.338 e. The summed E-state index contributed by atoms with van der Waals surface area (Å²) in [4.78, 5) is 14.5. The average molecular weight is 309 g/mol. The number of halogens is 2. The Morgan fingerprint density at radius 3 is 2.77 bits per heavy atom. The minimum Gasteiger partial charge on any atom is -0.462 e. The van der Waals surface area contributed by atoms with Crippen LogP contribution in [0.25, 0.3) is 0 Å². The van der Waals surface area contributed by atoms with Gasteiger partial charge in [-0.1, -0.05) is 6.42 Å². The first-order chi connectivity index (χ1) is 10.6. The molecule has 0 saturated carbocycles. The molecule has 2 saturated heterocycles. The molecule has 2 fully saturated rings. The Balaban J connectivity index is 1.59. The highest BCUT2D eigenvalue weighted by atomic mass is 19.2. The first kappa shape index (κ1) is 15.4. The Morgan fingerprint density at radius 1 is 1.14 bits per heavy atom. The summed E-state index contributed by atoms with van der Waals surface area (Å²) in [5.41, 5.74) is 0.0650. The van der Waals surface area contributed by atoms with Crippen molar-refractivity contribution in [2.24, 2.45) is 5.92 Å². The van der Waals surface area contributed by atoms with Crippen LogP contribution in [-0.2, 0) is 4.74 Å². The van der Waals surface area contributed by atoms with Gasteiger partial charge in [-0.25, -0.2) is 13.6 Å². The molecule has 0 aliphatic carbocycles. The number of esters is 1. The highest BCUT2D eigenvalue weighted by Crippen LogP contribution is 2.31. The second kappa shape index (κ2) is 6.73. The molecule has 2 aliphatic rings. The molecule has 3 rings (SSSR count). The van der Waals surface area contributed by atoms with Crippen molar-refractivity contribution >= 4 is 5.97 Å². The SMILES string of the molecule is O=C(OC[C@@H]1CCCN2CCCC[C@H]12)c1ccc(F)c(F)c1.